The Morgan fingerprint density at radius 2 is 2.05 bits per heavy atom. The highest BCUT2D eigenvalue weighted by Crippen LogP contribution is 2.06. The monoisotopic (exact) mass is 307 g/mol. The quantitative estimate of drug-likeness (QED) is 0.512. The Morgan fingerprint density at radius 1 is 1.32 bits per heavy atom. The van der Waals surface area contributed by atoms with Gasteiger partial charge in [-0.1, -0.05) is 11.2 Å². The van der Waals surface area contributed by atoms with E-state index in [0.29, 0.717) is 11.4 Å². The first kappa shape index (κ1) is 17.6. The molecule has 0 aliphatic rings. The van der Waals surface area contributed by atoms with E-state index in [2.05, 4.69) is 15.5 Å². The van der Waals surface area contributed by atoms with Gasteiger partial charge in [0.25, 0.3) is 0 Å². The topological polar surface area (TPSA) is 89.9 Å². The maximum absolute atomic E-state index is 11.5. The first-order valence-corrected chi connectivity index (χ1v) is 6.90. The van der Waals surface area contributed by atoms with E-state index in [1.165, 1.54) is 0 Å². The van der Waals surface area contributed by atoms with Crippen molar-refractivity contribution < 1.29 is 19.2 Å². The third kappa shape index (κ3) is 7.37. The number of rotatable bonds is 5. The largest absolute Gasteiger partial charge is 0.444 e. The number of nitrogens with one attached hydrogen (secondary N) is 1. The Balaban J connectivity index is 2.31. The minimum atomic E-state index is -0.575. The van der Waals surface area contributed by atoms with Crippen LogP contribution in [0, 0.1) is 0 Å². The summed E-state index contributed by atoms with van der Waals surface area (Å²) >= 11 is 0. The molecule has 1 amide bonds. The van der Waals surface area contributed by atoms with Crippen molar-refractivity contribution in [1.82, 2.24) is 10.3 Å². The molecule has 1 aromatic heterocycles. The number of amides is 1. The van der Waals surface area contributed by atoms with Gasteiger partial charge in [0, 0.05) is 12.7 Å². The molecule has 0 atom stereocenters. The average Bonchev–Trinajstić information content (AvgIpc) is 2.43. The Morgan fingerprint density at radius 3 is 2.64 bits per heavy atom. The van der Waals surface area contributed by atoms with Crippen LogP contribution in [0.1, 0.15) is 39.8 Å². The second-order valence-corrected chi connectivity index (χ2v) is 5.53. The second-order valence-electron chi connectivity index (χ2n) is 5.53. The van der Waals surface area contributed by atoms with Crippen molar-refractivity contribution >= 4 is 17.8 Å². The molecule has 1 heterocycles. The summed E-state index contributed by atoms with van der Waals surface area (Å²) in [6.07, 6.45) is 1.05. The van der Waals surface area contributed by atoms with Crippen LogP contribution in [0.15, 0.2) is 29.6 Å². The lowest BCUT2D eigenvalue weighted by atomic mass is 10.2. The van der Waals surface area contributed by atoms with Crippen molar-refractivity contribution in [2.45, 2.75) is 39.7 Å². The van der Waals surface area contributed by atoms with Crippen LogP contribution in [0.2, 0.25) is 0 Å². The van der Waals surface area contributed by atoms with Gasteiger partial charge in [0.15, 0.2) is 0 Å². The lowest BCUT2D eigenvalue weighted by Gasteiger charge is -2.19. The minimum Gasteiger partial charge on any atom is -0.444 e. The maximum atomic E-state index is 11.5. The number of carbonyl (C=O) groups excluding carboxylic acids is 2. The van der Waals surface area contributed by atoms with Gasteiger partial charge in [-0.3, -0.25) is 4.98 Å². The second kappa shape index (κ2) is 8.11. The van der Waals surface area contributed by atoms with Gasteiger partial charge in [0.1, 0.15) is 11.3 Å². The minimum absolute atomic E-state index is 0.00174. The van der Waals surface area contributed by atoms with Crippen LogP contribution >= 0.6 is 0 Å². The van der Waals surface area contributed by atoms with Gasteiger partial charge in [0.05, 0.1) is 12.1 Å². The van der Waals surface area contributed by atoms with Gasteiger partial charge in [-0.15, -0.1) is 0 Å². The van der Waals surface area contributed by atoms with Gasteiger partial charge < -0.3 is 14.9 Å². The molecular weight excluding hydrogens is 286 g/mol. The summed E-state index contributed by atoms with van der Waals surface area (Å²) in [5.74, 6) is -0.550. The van der Waals surface area contributed by atoms with Gasteiger partial charge in [-0.2, -0.15) is 0 Å². The third-order valence-corrected chi connectivity index (χ3v) is 2.32. The number of aromatic nitrogens is 1. The van der Waals surface area contributed by atoms with E-state index >= 15 is 0 Å². The molecular formula is C15H21N3O4. The zero-order valence-corrected chi connectivity index (χ0v) is 13.3. The predicted molar refractivity (Wildman–Crippen MR) is 81.4 cm³/mol. The Kier molecular flexibility index (Phi) is 6.49. The number of hydrogen-bond donors (Lipinski definition) is 1. The van der Waals surface area contributed by atoms with E-state index in [1.54, 1.807) is 46.0 Å². The fourth-order valence-electron chi connectivity index (χ4n) is 1.37. The smallest absolute Gasteiger partial charge is 0.407 e. The number of nitrogens with zero attached hydrogens (tertiary/aromatic N) is 2. The number of ether oxygens (including phenoxy) is 1. The molecule has 0 saturated heterocycles. The van der Waals surface area contributed by atoms with Crippen LogP contribution < -0.4 is 5.32 Å². The van der Waals surface area contributed by atoms with E-state index in [0.717, 1.165) is 0 Å². The van der Waals surface area contributed by atoms with Crippen LogP contribution in [0.25, 0.3) is 0 Å². The first-order valence-electron chi connectivity index (χ1n) is 6.90. The lowest BCUT2D eigenvalue weighted by molar-refractivity contribution is -0.143. The summed E-state index contributed by atoms with van der Waals surface area (Å²) in [5.41, 5.74) is 0.547. The summed E-state index contributed by atoms with van der Waals surface area (Å²) in [6.45, 7) is 7.09. The highest BCUT2D eigenvalue weighted by Gasteiger charge is 2.16. The van der Waals surface area contributed by atoms with Gasteiger partial charge in [-0.25, -0.2) is 9.59 Å². The van der Waals surface area contributed by atoms with Crippen LogP contribution in [-0.2, 0) is 14.4 Å². The average molecular weight is 307 g/mol. The van der Waals surface area contributed by atoms with E-state index in [4.69, 9.17) is 9.57 Å². The highest BCUT2D eigenvalue weighted by molar-refractivity contribution is 5.96. The molecule has 0 bridgehead atoms. The number of oxime groups is 1. The van der Waals surface area contributed by atoms with Crippen LogP contribution in [0.5, 0.6) is 0 Å². The number of hydrogen-bond acceptors (Lipinski definition) is 6. The van der Waals surface area contributed by atoms with Crippen molar-refractivity contribution in [2.24, 2.45) is 5.16 Å². The molecule has 7 nitrogen and oxygen atoms in total. The zero-order chi connectivity index (χ0) is 16.6. The molecule has 120 valence electrons. The lowest BCUT2D eigenvalue weighted by Crippen LogP contribution is -2.33. The molecule has 0 fully saturated rings. The summed E-state index contributed by atoms with van der Waals surface area (Å²) in [6, 6.07) is 5.36. The van der Waals surface area contributed by atoms with E-state index in [1.807, 2.05) is 6.07 Å². The maximum Gasteiger partial charge on any atom is 0.407 e. The van der Waals surface area contributed by atoms with Gasteiger partial charge in [0.2, 0.25) is 0 Å². The van der Waals surface area contributed by atoms with Crippen molar-refractivity contribution in [3.63, 3.8) is 0 Å². The first-order chi connectivity index (χ1) is 10.3. The molecule has 22 heavy (non-hydrogen) atoms. The van der Waals surface area contributed by atoms with Crippen LogP contribution in [-0.4, -0.2) is 34.9 Å². The summed E-state index contributed by atoms with van der Waals surface area (Å²) in [4.78, 5) is 31.7. The van der Waals surface area contributed by atoms with Crippen molar-refractivity contribution in [1.29, 1.82) is 0 Å². The Bertz CT molecular complexity index is 535. The standard InChI is InChI=1S/C15H21N3O4/c1-11(12-7-5-6-9-16-12)18-22-13(19)8-10-17-14(20)21-15(2,3)4/h5-7,9H,8,10H2,1-4H3,(H,17,20). The van der Waals surface area contributed by atoms with Crippen molar-refractivity contribution in [2.75, 3.05) is 6.54 Å². The molecule has 1 rings (SSSR count). The predicted octanol–water partition coefficient (Wildman–Crippen LogP) is 2.26. The SMILES string of the molecule is CC(=NOC(=O)CCNC(=O)OC(C)(C)C)c1ccccn1. The molecule has 7 heteroatoms. The van der Waals surface area contributed by atoms with Crippen molar-refractivity contribution in [3.05, 3.63) is 30.1 Å². The third-order valence-electron chi connectivity index (χ3n) is 2.32. The number of carbonyl (C=O) groups is 2. The Labute approximate surface area is 129 Å². The van der Waals surface area contributed by atoms with Crippen LogP contribution in [0.4, 0.5) is 4.79 Å². The number of alkyl carbamates (subject to hydrolysis) is 1. The molecule has 0 unspecified atom stereocenters. The summed E-state index contributed by atoms with van der Waals surface area (Å²) in [5, 5.41) is 6.18. The van der Waals surface area contributed by atoms with E-state index in [-0.39, 0.29) is 13.0 Å². The zero-order valence-electron chi connectivity index (χ0n) is 13.3. The molecule has 0 spiro atoms. The molecule has 0 aliphatic heterocycles. The van der Waals surface area contributed by atoms with Gasteiger partial charge >= 0.3 is 12.1 Å². The Hall–Kier alpha value is -2.44. The molecule has 1 N–H and O–H groups in total. The normalized spacial score (nSPS) is 11.7. The molecule has 0 saturated carbocycles. The molecule has 0 radical (unpaired) electrons. The summed E-state index contributed by atoms with van der Waals surface area (Å²) < 4.78 is 5.04. The van der Waals surface area contributed by atoms with Gasteiger partial charge in [-0.05, 0) is 39.8 Å². The molecule has 0 aliphatic carbocycles. The number of pyridine rings is 1. The van der Waals surface area contributed by atoms with E-state index < -0.39 is 17.7 Å². The molecule has 0 aromatic carbocycles. The fourth-order valence-corrected chi connectivity index (χ4v) is 1.37. The molecule has 1 aromatic rings. The fraction of sp³-hybridized carbons (Fsp3) is 0.467. The highest BCUT2D eigenvalue weighted by atomic mass is 16.7. The summed E-state index contributed by atoms with van der Waals surface area (Å²) in [7, 11) is 0. The van der Waals surface area contributed by atoms with E-state index in [9.17, 15) is 9.59 Å². The van der Waals surface area contributed by atoms with Crippen molar-refractivity contribution in [3.8, 4) is 0 Å². The van der Waals surface area contributed by atoms with Crippen LogP contribution in [0.3, 0.4) is 0 Å².